The minimum Gasteiger partial charge on any atom is -0.598 e. The lowest BCUT2D eigenvalue weighted by molar-refractivity contribution is 0.319. The summed E-state index contributed by atoms with van der Waals surface area (Å²) in [4.78, 5) is 1.69. The normalized spacial score (nSPS) is 14.9. The number of hydrogen-bond donors (Lipinski definition) is 3. The fourth-order valence-electron chi connectivity index (χ4n) is 1.01. The van der Waals surface area contributed by atoms with Gasteiger partial charge in [0.1, 0.15) is 4.75 Å². The summed E-state index contributed by atoms with van der Waals surface area (Å²) >= 11 is 0.310. The molecule has 7 heteroatoms. The van der Waals surface area contributed by atoms with E-state index in [1.165, 1.54) is 11.3 Å². The van der Waals surface area contributed by atoms with Crippen molar-refractivity contribution in [2.24, 2.45) is 10.9 Å². The second-order valence-corrected chi connectivity index (χ2v) is 7.67. The van der Waals surface area contributed by atoms with Crippen molar-refractivity contribution >= 4 is 28.5 Å². The van der Waals surface area contributed by atoms with Crippen molar-refractivity contribution in [1.29, 1.82) is 0 Å². The Balaban J connectivity index is 2.57. The Hall–Kier alpha value is -0.760. The van der Waals surface area contributed by atoms with Crippen molar-refractivity contribution < 1.29 is 9.76 Å². The molecule has 0 fully saturated rings. The van der Waals surface area contributed by atoms with Crippen LogP contribution in [0.2, 0.25) is 0 Å². The van der Waals surface area contributed by atoms with E-state index in [9.17, 15) is 4.55 Å². The van der Waals surface area contributed by atoms with Gasteiger partial charge in [-0.3, -0.25) is 0 Å². The molecular formula is C10H17N3O2S2. The predicted molar refractivity (Wildman–Crippen MR) is 71.6 cm³/mol. The Bertz CT molecular complexity index is 399. The zero-order valence-electron chi connectivity index (χ0n) is 10.1. The number of nitrogens with one attached hydrogen (secondary N) is 1. The Kier molecular flexibility index (Phi) is 4.81. The summed E-state index contributed by atoms with van der Waals surface area (Å²) in [5, 5.41) is 11.5. The van der Waals surface area contributed by atoms with Gasteiger partial charge in [-0.1, -0.05) is 5.16 Å². The van der Waals surface area contributed by atoms with Gasteiger partial charge in [-0.25, -0.2) is 0 Å². The summed E-state index contributed by atoms with van der Waals surface area (Å²) in [7, 11) is 0. The maximum absolute atomic E-state index is 11.8. The molecule has 96 valence electrons. The molecule has 1 atom stereocenters. The van der Waals surface area contributed by atoms with Gasteiger partial charge < -0.3 is 15.5 Å². The molecule has 0 spiro atoms. The fraction of sp³-hybridized carbons (Fsp3) is 0.500. The van der Waals surface area contributed by atoms with Gasteiger partial charge in [-0.2, -0.15) is 0 Å². The SMILES string of the molecule is CC(C)(C)[S@+]([O-])NCc1ccc(C(N)=NO)s1. The molecule has 0 aliphatic rings. The van der Waals surface area contributed by atoms with E-state index in [2.05, 4.69) is 9.88 Å². The van der Waals surface area contributed by atoms with E-state index >= 15 is 0 Å². The molecule has 1 aromatic heterocycles. The molecule has 1 aromatic rings. The zero-order chi connectivity index (χ0) is 13.1. The summed E-state index contributed by atoms with van der Waals surface area (Å²) < 4.78 is 14.4. The van der Waals surface area contributed by atoms with Gasteiger partial charge in [0.15, 0.2) is 5.84 Å². The van der Waals surface area contributed by atoms with Crippen LogP contribution in [0.1, 0.15) is 30.5 Å². The van der Waals surface area contributed by atoms with E-state index < -0.39 is 11.4 Å². The molecule has 0 amide bonds. The largest absolute Gasteiger partial charge is 0.598 e. The van der Waals surface area contributed by atoms with Crippen LogP contribution < -0.4 is 10.5 Å². The number of oxime groups is 1. The minimum atomic E-state index is -1.10. The highest BCUT2D eigenvalue weighted by atomic mass is 32.2. The van der Waals surface area contributed by atoms with Crippen LogP contribution in [-0.2, 0) is 17.9 Å². The molecule has 5 nitrogen and oxygen atoms in total. The van der Waals surface area contributed by atoms with Crippen LogP contribution >= 0.6 is 11.3 Å². The van der Waals surface area contributed by atoms with Crippen LogP contribution in [0.4, 0.5) is 0 Å². The predicted octanol–water partition coefficient (Wildman–Crippen LogP) is 1.39. The molecule has 0 aliphatic heterocycles. The third-order valence-electron chi connectivity index (χ3n) is 1.96. The molecule has 0 bridgehead atoms. The summed E-state index contributed by atoms with van der Waals surface area (Å²) in [5.41, 5.74) is 5.46. The molecule has 0 unspecified atom stereocenters. The maximum atomic E-state index is 11.8. The first-order valence-electron chi connectivity index (χ1n) is 5.06. The van der Waals surface area contributed by atoms with Crippen molar-refractivity contribution in [3.05, 3.63) is 21.9 Å². The Labute approximate surface area is 108 Å². The van der Waals surface area contributed by atoms with Gasteiger partial charge in [0.2, 0.25) is 0 Å². The van der Waals surface area contributed by atoms with E-state index in [0.717, 1.165) is 4.88 Å². The van der Waals surface area contributed by atoms with E-state index in [1.54, 1.807) is 6.07 Å². The van der Waals surface area contributed by atoms with Gasteiger partial charge in [-0.05, 0) is 32.9 Å². The van der Waals surface area contributed by atoms with E-state index in [-0.39, 0.29) is 10.6 Å². The Morgan fingerprint density at radius 1 is 1.59 bits per heavy atom. The number of thiophene rings is 1. The quantitative estimate of drug-likeness (QED) is 0.254. The lowest BCUT2D eigenvalue weighted by Crippen LogP contribution is -2.38. The summed E-state index contributed by atoms with van der Waals surface area (Å²) in [5.74, 6) is 0.0955. The highest BCUT2D eigenvalue weighted by Gasteiger charge is 2.26. The number of nitrogens with two attached hydrogens (primary N) is 1. The smallest absolute Gasteiger partial charge is 0.180 e. The lowest BCUT2D eigenvalue weighted by Gasteiger charge is -2.23. The average molecular weight is 275 g/mol. The standard InChI is InChI=1S/C10H17N3O2S2/c1-10(2,3)17(15)12-6-7-4-5-8(16-7)9(11)13-14/h4-5,12,14H,6H2,1-3H3,(H2,11,13)/t17-/m0/s1. The average Bonchev–Trinajstić information content (AvgIpc) is 2.72. The molecule has 0 radical (unpaired) electrons. The molecule has 0 saturated carbocycles. The Morgan fingerprint density at radius 2 is 2.24 bits per heavy atom. The molecule has 0 saturated heterocycles. The van der Waals surface area contributed by atoms with E-state index in [0.29, 0.717) is 11.4 Å². The number of amidine groups is 1. The van der Waals surface area contributed by atoms with Gasteiger partial charge in [-0.15, -0.1) is 16.1 Å². The van der Waals surface area contributed by atoms with Crippen molar-refractivity contribution in [2.45, 2.75) is 32.1 Å². The molecule has 0 aromatic carbocycles. The molecular weight excluding hydrogens is 258 g/mol. The first-order valence-corrected chi connectivity index (χ1v) is 7.03. The molecule has 1 rings (SSSR count). The van der Waals surface area contributed by atoms with Crippen LogP contribution in [0.5, 0.6) is 0 Å². The second kappa shape index (κ2) is 5.72. The third-order valence-corrected chi connectivity index (χ3v) is 4.58. The molecule has 0 aliphatic carbocycles. The van der Waals surface area contributed by atoms with E-state index in [1.807, 2.05) is 26.8 Å². The summed E-state index contributed by atoms with van der Waals surface area (Å²) in [6, 6.07) is 3.64. The highest BCUT2D eigenvalue weighted by molar-refractivity contribution is 7.90. The van der Waals surface area contributed by atoms with Crippen LogP contribution in [0.25, 0.3) is 0 Å². The Morgan fingerprint density at radius 3 is 2.76 bits per heavy atom. The maximum Gasteiger partial charge on any atom is 0.180 e. The first kappa shape index (κ1) is 14.3. The molecule has 4 N–H and O–H groups in total. The van der Waals surface area contributed by atoms with Crippen molar-refractivity contribution in [2.75, 3.05) is 0 Å². The summed E-state index contributed by atoms with van der Waals surface area (Å²) in [6.07, 6.45) is 0. The number of rotatable bonds is 4. The van der Waals surface area contributed by atoms with Crippen molar-refractivity contribution in [1.82, 2.24) is 4.72 Å². The topological polar surface area (TPSA) is 93.7 Å². The van der Waals surface area contributed by atoms with Crippen LogP contribution in [-0.4, -0.2) is 20.3 Å². The van der Waals surface area contributed by atoms with Crippen molar-refractivity contribution in [3.63, 3.8) is 0 Å². The van der Waals surface area contributed by atoms with Crippen LogP contribution in [0, 0.1) is 0 Å². The highest BCUT2D eigenvalue weighted by Crippen LogP contribution is 2.18. The van der Waals surface area contributed by atoms with E-state index in [4.69, 9.17) is 10.9 Å². The number of nitrogens with zero attached hydrogens (tertiary/aromatic N) is 1. The van der Waals surface area contributed by atoms with Gasteiger partial charge in [0.05, 0.1) is 11.4 Å². The minimum absolute atomic E-state index is 0.0955. The first-order chi connectivity index (χ1) is 7.84. The monoisotopic (exact) mass is 275 g/mol. The zero-order valence-corrected chi connectivity index (χ0v) is 11.7. The van der Waals surface area contributed by atoms with Gasteiger partial charge in [0.25, 0.3) is 0 Å². The molecule has 17 heavy (non-hydrogen) atoms. The van der Waals surface area contributed by atoms with Crippen LogP contribution in [0.15, 0.2) is 17.3 Å². The number of hydrogen-bond acceptors (Lipinski definition) is 5. The fourth-order valence-corrected chi connectivity index (χ4v) is 2.67. The van der Waals surface area contributed by atoms with Gasteiger partial charge >= 0.3 is 0 Å². The molecule has 1 heterocycles. The second-order valence-electron chi connectivity index (χ2n) is 4.45. The van der Waals surface area contributed by atoms with Gasteiger partial charge in [0, 0.05) is 16.2 Å². The van der Waals surface area contributed by atoms with Crippen LogP contribution in [0.3, 0.4) is 0 Å². The lowest BCUT2D eigenvalue weighted by atomic mass is 10.3. The van der Waals surface area contributed by atoms with Crippen molar-refractivity contribution in [3.8, 4) is 0 Å². The third kappa shape index (κ3) is 4.19. The summed E-state index contributed by atoms with van der Waals surface area (Å²) in [6.45, 7) is 6.23.